The number of hydrogen-bond acceptors (Lipinski definition) is 3. The van der Waals surface area contributed by atoms with E-state index >= 15 is 0 Å². The number of rotatable bonds is 3. The molecule has 2 rings (SSSR count). The van der Waals surface area contributed by atoms with Gasteiger partial charge in [-0.3, -0.25) is 0 Å². The highest BCUT2D eigenvalue weighted by atomic mass is 35.5. The molecule has 0 aliphatic heterocycles. The number of halogens is 2. The standard InChI is InChI=1S/C15H17Cl2N3/c1-8(2)14-19-13(9(3)15(18-4)20-14)11-7-10(16)5-6-12(11)17/h5-8H,1-4H3,(H,18,19,20). The molecule has 5 heteroatoms. The third-order valence-corrected chi connectivity index (χ3v) is 3.66. The summed E-state index contributed by atoms with van der Waals surface area (Å²) in [5, 5.41) is 4.38. The Hall–Kier alpha value is -1.32. The maximum Gasteiger partial charge on any atom is 0.133 e. The molecule has 0 aliphatic rings. The highest BCUT2D eigenvalue weighted by molar-refractivity contribution is 6.35. The minimum absolute atomic E-state index is 0.236. The number of aromatic nitrogens is 2. The summed E-state index contributed by atoms with van der Waals surface area (Å²) in [6, 6.07) is 5.39. The average Bonchev–Trinajstić information content (AvgIpc) is 2.41. The Morgan fingerprint density at radius 2 is 1.85 bits per heavy atom. The van der Waals surface area contributed by atoms with Gasteiger partial charge in [0.1, 0.15) is 11.6 Å². The molecule has 0 fully saturated rings. The third-order valence-electron chi connectivity index (χ3n) is 3.10. The lowest BCUT2D eigenvalue weighted by Gasteiger charge is -2.15. The molecule has 0 bridgehead atoms. The Labute approximate surface area is 129 Å². The fourth-order valence-corrected chi connectivity index (χ4v) is 2.36. The van der Waals surface area contributed by atoms with Crippen LogP contribution in [0, 0.1) is 6.92 Å². The van der Waals surface area contributed by atoms with Gasteiger partial charge in [-0.1, -0.05) is 37.0 Å². The summed E-state index contributed by atoms with van der Waals surface area (Å²) in [7, 11) is 1.85. The quantitative estimate of drug-likeness (QED) is 0.874. The van der Waals surface area contributed by atoms with Crippen molar-refractivity contribution in [3.63, 3.8) is 0 Å². The van der Waals surface area contributed by atoms with Gasteiger partial charge >= 0.3 is 0 Å². The van der Waals surface area contributed by atoms with Gasteiger partial charge in [-0.15, -0.1) is 0 Å². The van der Waals surface area contributed by atoms with Crippen molar-refractivity contribution in [2.24, 2.45) is 0 Å². The number of anilines is 1. The van der Waals surface area contributed by atoms with E-state index in [-0.39, 0.29) is 5.92 Å². The van der Waals surface area contributed by atoms with Gasteiger partial charge in [0.2, 0.25) is 0 Å². The van der Waals surface area contributed by atoms with E-state index in [1.807, 2.05) is 20.0 Å². The minimum atomic E-state index is 0.236. The van der Waals surface area contributed by atoms with Gasteiger partial charge < -0.3 is 5.32 Å². The zero-order chi connectivity index (χ0) is 14.9. The Balaban J connectivity index is 2.72. The second-order valence-electron chi connectivity index (χ2n) is 4.93. The molecule has 3 nitrogen and oxygen atoms in total. The first kappa shape index (κ1) is 15.1. The van der Waals surface area contributed by atoms with Gasteiger partial charge in [0, 0.05) is 29.1 Å². The van der Waals surface area contributed by atoms with Crippen LogP contribution in [0.5, 0.6) is 0 Å². The third kappa shape index (κ3) is 2.89. The van der Waals surface area contributed by atoms with Crippen LogP contribution in [0.2, 0.25) is 10.0 Å². The number of nitrogens with one attached hydrogen (secondary N) is 1. The topological polar surface area (TPSA) is 37.8 Å². The van der Waals surface area contributed by atoms with Crippen LogP contribution in [-0.2, 0) is 0 Å². The van der Waals surface area contributed by atoms with E-state index in [1.165, 1.54) is 0 Å². The van der Waals surface area contributed by atoms with Crippen LogP contribution in [0.15, 0.2) is 18.2 Å². The molecule has 0 radical (unpaired) electrons. The van der Waals surface area contributed by atoms with Crippen molar-refractivity contribution in [2.45, 2.75) is 26.7 Å². The lowest BCUT2D eigenvalue weighted by molar-refractivity contribution is 0.775. The van der Waals surface area contributed by atoms with E-state index in [1.54, 1.807) is 12.1 Å². The zero-order valence-electron chi connectivity index (χ0n) is 12.0. The lowest BCUT2D eigenvalue weighted by atomic mass is 10.1. The largest absolute Gasteiger partial charge is 0.373 e. The van der Waals surface area contributed by atoms with Crippen LogP contribution >= 0.6 is 23.2 Å². The molecule has 1 aromatic carbocycles. The smallest absolute Gasteiger partial charge is 0.133 e. The molecule has 20 heavy (non-hydrogen) atoms. The number of benzene rings is 1. The van der Waals surface area contributed by atoms with Crippen molar-refractivity contribution in [1.29, 1.82) is 0 Å². The number of hydrogen-bond donors (Lipinski definition) is 1. The molecule has 0 spiro atoms. The van der Waals surface area contributed by atoms with E-state index in [0.717, 1.165) is 28.5 Å². The van der Waals surface area contributed by atoms with Crippen LogP contribution in [0.25, 0.3) is 11.3 Å². The van der Waals surface area contributed by atoms with Crippen molar-refractivity contribution in [1.82, 2.24) is 9.97 Å². The van der Waals surface area contributed by atoms with E-state index in [0.29, 0.717) is 10.0 Å². The first-order valence-corrected chi connectivity index (χ1v) is 7.21. The molecule has 0 amide bonds. The maximum absolute atomic E-state index is 6.29. The monoisotopic (exact) mass is 309 g/mol. The van der Waals surface area contributed by atoms with Gasteiger partial charge in [0.25, 0.3) is 0 Å². The highest BCUT2D eigenvalue weighted by Crippen LogP contribution is 2.34. The molecule has 1 N–H and O–H groups in total. The van der Waals surface area contributed by atoms with Crippen LogP contribution < -0.4 is 5.32 Å². The van der Waals surface area contributed by atoms with E-state index in [4.69, 9.17) is 23.2 Å². The molecule has 0 saturated heterocycles. The van der Waals surface area contributed by atoms with E-state index in [2.05, 4.69) is 29.1 Å². The van der Waals surface area contributed by atoms with E-state index in [9.17, 15) is 0 Å². The average molecular weight is 310 g/mol. The fraction of sp³-hybridized carbons (Fsp3) is 0.333. The number of nitrogens with zero attached hydrogens (tertiary/aromatic N) is 2. The SMILES string of the molecule is CNc1nc(C(C)C)nc(-c2cc(Cl)ccc2Cl)c1C. The molecule has 1 aromatic heterocycles. The summed E-state index contributed by atoms with van der Waals surface area (Å²) in [5.41, 5.74) is 2.61. The van der Waals surface area contributed by atoms with Crippen molar-refractivity contribution in [2.75, 3.05) is 12.4 Å². The first-order valence-electron chi connectivity index (χ1n) is 6.45. The van der Waals surface area contributed by atoms with Crippen molar-refractivity contribution in [3.8, 4) is 11.3 Å². The lowest BCUT2D eigenvalue weighted by Crippen LogP contribution is -2.06. The summed E-state index contributed by atoms with van der Waals surface area (Å²) >= 11 is 12.4. The van der Waals surface area contributed by atoms with Gasteiger partial charge in [-0.05, 0) is 25.1 Å². The normalized spacial score (nSPS) is 10.9. The van der Waals surface area contributed by atoms with Gasteiger partial charge in [-0.25, -0.2) is 9.97 Å². The van der Waals surface area contributed by atoms with Crippen LogP contribution in [-0.4, -0.2) is 17.0 Å². The van der Waals surface area contributed by atoms with Crippen molar-refractivity contribution < 1.29 is 0 Å². The van der Waals surface area contributed by atoms with Gasteiger partial charge in [0.05, 0.1) is 10.7 Å². The summed E-state index contributed by atoms with van der Waals surface area (Å²) < 4.78 is 0. The molecule has 1 heterocycles. The molecular weight excluding hydrogens is 293 g/mol. The summed E-state index contributed by atoms with van der Waals surface area (Å²) in [5.74, 6) is 1.83. The van der Waals surface area contributed by atoms with Crippen LogP contribution in [0.3, 0.4) is 0 Å². The Morgan fingerprint density at radius 3 is 2.45 bits per heavy atom. The first-order chi connectivity index (χ1) is 9.43. The van der Waals surface area contributed by atoms with E-state index < -0.39 is 0 Å². The molecule has 0 atom stereocenters. The Kier molecular flexibility index (Phi) is 4.51. The van der Waals surface area contributed by atoms with Gasteiger partial charge in [0.15, 0.2) is 0 Å². The van der Waals surface area contributed by atoms with Crippen LogP contribution in [0.1, 0.15) is 31.2 Å². The summed E-state index contributed by atoms with van der Waals surface area (Å²) in [4.78, 5) is 9.19. The minimum Gasteiger partial charge on any atom is -0.373 e. The van der Waals surface area contributed by atoms with Gasteiger partial charge in [-0.2, -0.15) is 0 Å². The van der Waals surface area contributed by atoms with Crippen molar-refractivity contribution >= 4 is 29.0 Å². The molecule has 0 saturated carbocycles. The maximum atomic E-state index is 6.29. The highest BCUT2D eigenvalue weighted by Gasteiger charge is 2.16. The summed E-state index contributed by atoms with van der Waals surface area (Å²) in [6.45, 7) is 6.10. The second kappa shape index (κ2) is 5.98. The van der Waals surface area contributed by atoms with Crippen molar-refractivity contribution in [3.05, 3.63) is 39.6 Å². The predicted octanol–water partition coefficient (Wildman–Crippen LogP) is 4.92. The zero-order valence-corrected chi connectivity index (χ0v) is 13.5. The Bertz CT molecular complexity index is 639. The summed E-state index contributed by atoms with van der Waals surface area (Å²) in [6.07, 6.45) is 0. The molecule has 0 aliphatic carbocycles. The Morgan fingerprint density at radius 1 is 1.15 bits per heavy atom. The second-order valence-corrected chi connectivity index (χ2v) is 5.78. The molecular formula is C15H17Cl2N3. The predicted molar refractivity (Wildman–Crippen MR) is 85.9 cm³/mol. The fourth-order valence-electron chi connectivity index (χ4n) is 1.98. The molecule has 106 valence electrons. The van der Waals surface area contributed by atoms with Crippen LogP contribution in [0.4, 0.5) is 5.82 Å². The molecule has 2 aromatic rings. The molecule has 0 unspecified atom stereocenters.